The number of ether oxygens (including phenoxy) is 1. The Morgan fingerprint density at radius 1 is 1.18 bits per heavy atom. The number of piperidine rings is 1. The number of likely N-dealkylation sites (tertiary alicyclic amines) is 1. The average molecular weight is 379 g/mol. The zero-order valence-corrected chi connectivity index (χ0v) is 16.1. The SMILES string of the molecule is CNC(=O)C[C@@H]1CC2(CCN(C(=O)c3ccccn3)CC2)Oc2ccccc21. The van der Waals surface area contributed by atoms with E-state index in [1.54, 1.807) is 19.3 Å². The lowest BCUT2D eigenvalue weighted by molar-refractivity contribution is -0.121. The van der Waals surface area contributed by atoms with Gasteiger partial charge >= 0.3 is 0 Å². The molecule has 146 valence electrons. The molecule has 0 saturated carbocycles. The van der Waals surface area contributed by atoms with Gasteiger partial charge < -0.3 is 15.0 Å². The lowest BCUT2D eigenvalue weighted by Crippen LogP contribution is -2.52. The molecule has 2 aromatic rings. The maximum Gasteiger partial charge on any atom is 0.272 e. The monoisotopic (exact) mass is 379 g/mol. The molecule has 1 aromatic carbocycles. The van der Waals surface area contributed by atoms with E-state index in [-0.39, 0.29) is 23.3 Å². The van der Waals surface area contributed by atoms with Gasteiger partial charge in [0.05, 0.1) is 0 Å². The van der Waals surface area contributed by atoms with Crippen molar-refractivity contribution in [1.29, 1.82) is 0 Å². The Morgan fingerprint density at radius 2 is 1.93 bits per heavy atom. The molecule has 1 saturated heterocycles. The predicted molar refractivity (Wildman–Crippen MR) is 105 cm³/mol. The first-order valence-electron chi connectivity index (χ1n) is 9.79. The number of fused-ring (bicyclic) bond motifs is 1. The number of hydrogen-bond acceptors (Lipinski definition) is 4. The molecule has 0 radical (unpaired) electrons. The molecular formula is C22H25N3O3. The van der Waals surface area contributed by atoms with Crippen molar-refractivity contribution in [1.82, 2.24) is 15.2 Å². The predicted octanol–water partition coefficient (Wildman–Crippen LogP) is 2.76. The fraction of sp³-hybridized carbons (Fsp3) is 0.409. The fourth-order valence-corrected chi connectivity index (χ4v) is 4.33. The normalized spacial score (nSPS) is 20.2. The number of benzene rings is 1. The summed E-state index contributed by atoms with van der Waals surface area (Å²) in [5, 5.41) is 2.74. The Morgan fingerprint density at radius 3 is 2.64 bits per heavy atom. The summed E-state index contributed by atoms with van der Waals surface area (Å²) in [5.41, 5.74) is 1.25. The molecule has 1 fully saturated rings. The lowest BCUT2D eigenvalue weighted by Gasteiger charge is -2.46. The number of nitrogens with zero attached hydrogens (tertiary/aromatic N) is 2. The van der Waals surface area contributed by atoms with E-state index in [0.29, 0.717) is 25.2 Å². The van der Waals surface area contributed by atoms with Crippen LogP contribution in [0.5, 0.6) is 5.75 Å². The second kappa shape index (κ2) is 7.62. The summed E-state index contributed by atoms with van der Waals surface area (Å²) in [6, 6.07) is 13.4. The van der Waals surface area contributed by atoms with Crippen molar-refractivity contribution >= 4 is 11.8 Å². The summed E-state index contributed by atoms with van der Waals surface area (Å²) in [4.78, 5) is 30.8. The molecule has 0 bridgehead atoms. The molecule has 1 atom stereocenters. The average Bonchev–Trinajstić information content (AvgIpc) is 2.74. The van der Waals surface area contributed by atoms with E-state index in [0.717, 1.165) is 30.6 Å². The highest BCUT2D eigenvalue weighted by Gasteiger charge is 2.44. The van der Waals surface area contributed by atoms with Gasteiger partial charge in [-0.3, -0.25) is 14.6 Å². The third-order valence-corrected chi connectivity index (χ3v) is 5.86. The first-order valence-corrected chi connectivity index (χ1v) is 9.79. The van der Waals surface area contributed by atoms with Crippen LogP contribution in [0.4, 0.5) is 0 Å². The number of rotatable bonds is 3. The summed E-state index contributed by atoms with van der Waals surface area (Å²) in [5.74, 6) is 1.00. The van der Waals surface area contributed by atoms with Crippen LogP contribution in [0.15, 0.2) is 48.7 Å². The highest BCUT2D eigenvalue weighted by molar-refractivity contribution is 5.92. The molecule has 1 aromatic heterocycles. The highest BCUT2D eigenvalue weighted by Crippen LogP contribution is 2.46. The van der Waals surface area contributed by atoms with Crippen molar-refractivity contribution in [2.75, 3.05) is 20.1 Å². The molecule has 3 heterocycles. The van der Waals surface area contributed by atoms with E-state index in [2.05, 4.69) is 16.4 Å². The van der Waals surface area contributed by atoms with E-state index in [1.807, 2.05) is 35.2 Å². The van der Waals surface area contributed by atoms with Crippen molar-refractivity contribution in [3.63, 3.8) is 0 Å². The number of para-hydroxylation sites is 1. The van der Waals surface area contributed by atoms with Gasteiger partial charge in [0.25, 0.3) is 5.91 Å². The summed E-state index contributed by atoms with van der Waals surface area (Å²) >= 11 is 0. The van der Waals surface area contributed by atoms with Crippen molar-refractivity contribution in [2.45, 2.75) is 37.2 Å². The molecule has 2 aliphatic rings. The largest absolute Gasteiger partial charge is 0.487 e. The van der Waals surface area contributed by atoms with Crippen LogP contribution in [0.3, 0.4) is 0 Å². The maximum atomic E-state index is 12.7. The summed E-state index contributed by atoms with van der Waals surface area (Å²) in [6.07, 6.45) is 4.40. The van der Waals surface area contributed by atoms with Crippen LogP contribution in [0.2, 0.25) is 0 Å². The second-order valence-corrected chi connectivity index (χ2v) is 7.61. The number of amides is 2. The van der Waals surface area contributed by atoms with Gasteiger partial charge in [0.15, 0.2) is 0 Å². The van der Waals surface area contributed by atoms with Crippen LogP contribution in [0.25, 0.3) is 0 Å². The summed E-state index contributed by atoms with van der Waals surface area (Å²) in [7, 11) is 1.67. The minimum atomic E-state index is -0.325. The second-order valence-electron chi connectivity index (χ2n) is 7.61. The van der Waals surface area contributed by atoms with E-state index in [1.165, 1.54) is 0 Å². The maximum absolute atomic E-state index is 12.7. The molecule has 2 amide bonds. The van der Waals surface area contributed by atoms with Crippen molar-refractivity contribution in [3.05, 3.63) is 59.9 Å². The molecule has 28 heavy (non-hydrogen) atoms. The molecule has 2 aliphatic heterocycles. The Labute approximate surface area is 164 Å². The molecule has 1 N–H and O–H groups in total. The van der Waals surface area contributed by atoms with Crippen LogP contribution in [0, 0.1) is 0 Å². The Hall–Kier alpha value is -2.89. The zero-order chi connectivity index (χ0) is 19.6. The van der Waals surface area contributed by atoms with Gasteiger partial charge in [-0.05, 0) is 30.2 Å². The number of nitrogens with one attached hydrogen (secondary N) is 1. The van der Waals surface area contributed by atoms with Gasteiger partial charge in [-0.2, -0.15) is 0 Å². The fourth-order valence-electron chi connectivity index (χ4n) is 4.33. The van der Waals surface area contributed by atoms with Crippen LogP contribution >= 0.6 is 0 Å². The van der Waals surface area contributed by atoms with E-state index < -0.39 is 0 Å². The molecule has 1 spiro atoms. The van der Waals surface area contributed by atoms with Crippen LogP contribution in [0.1, 0.15) is 47.7 Å². The third kappa shape index (κ3) is 3.59. The minimum Gasteiger partial charge on any atom is -0.487 e. The molecular weight excluding hydrogens is 354 g/mol. The first-order chi connectivity index (χ1) is 13.6. The van der Waals surface area contributed by atoms with Crippen LogP contribution in [-0.2, 0) is 4.79 Å². The van der Waals surface area contributed by atoms with Gasteiger partial charge in [0.2, 0.25) is 5.91 Å². The van der Waals surface area contributed by atoms with Gasteiger partial charge in [-0.1, -0.05) is 24.3 Å². The number of hydrogen-bond donors (Lipinski definition) is 1. The molecule has 0 unspecified atom stereocenters. The molecule has 6 heteroatoms. The quantitative estimate of drug-likeness (QED) is 0.890. The van der Waals surface area contributed by atoms with Gasteiger partial charge in [-0.25, -0.2) is 0 Å². The van der Waals surface area contributed by atoms with Crippen molar-refractivity contribution in [3.8, 4) is 5.75 Å². The minimum absolute atomic E-state index is 0.0337. The van der Waals surface area contributed by atoms with Crippen molar-refractivity contribution < 1.29 is 14.3 Å². The number of aromatic nitrogens is 1. The Bertz CT molecular complexity index is 860. The molecule has 4 rings (SSSR count). The van der Waals surface area contributed by atoms with E-state index >= 15 is 0 Å². The topological polar surface area (TPSA) is 71.5 Å². The Kier molecular flexibility index (Phi) is 5.03. The first kappa shape index (κ1) is 18.5. The van der Waals surface area contributed by atoms with Gasteiger partial charge in [-0.15, -0.1) is 0 Å². The number of pyridine rings is 1. The smallest absolute Gasteiger partial charge is 0.272 e. The van der Waals surface area contributed by atoms with Crippen molar-refractivity contribution in [2.24, 2.45) is 0 Å². The van der Waals surface area contributed by atoms with E-state index in [4.69, 9.17) is 4.74 Å². The summed E-state index contributed by atoms with van der Waals surface area (Å²) < 4.78 is 6.45. The summed E-state index contributed by atoms with van der Waals surface area (Å²) in [6.45, 7) is 1.26. The van der Waals surface area contributed by atoms with Crippen LogP contribution < -0.4 is 10.1 Å². The van der Waals surface area contributed by atoms with Gasteiger partial charge in [0, 0.05) is 51.5 Å². The Balaban J connectivity index is 1.50. The lowest BCUT2D eigenvalue weighted by atomic mass is 9.76. The van der Waals surface area contributed by atoms with Gasteiger partial charge in [0.1, 0.15) is 17.0 Å². The van der Waals surface area contributed by atoms with Crippen LogP contribution in [-0.4, -0.2) is 47.4 Å². The molecule has 6 nitrogen and oxygen atoms in total. The number of carbonyl (C=O) groups is 2. The number of carbonyl (C=O) groups excluding carboxylic acids is 2. The highest BCUT2D eigenvalue weighted by atomic mass is 16.5. The zero-order valence-electron chi connectivity index (χ0n) is 16.1. The molecule has 0 aliphatic carbocycles. The van der Waals surface area contributed by atoms with E-state index in [9.17, 15) is 9.59 Å². The third-order valence-electron chi connectivity index (χ3n) is 5.86. The standard InChI is InChI=1S/C22H25N3O3/c1-23-20(26)14-16-15-22(28-19-8-3-2-6-17(16)19)9-12-25(13-10-22)21(27)18-7-4-5-11-24-18/h2-8,11,16H,9-10,12-15H2,1H3,(H,23,26)/t16-/m1/s1.